The van der Waals surface area contributed by atoms with E-state index >= 15 is 0 Å². The van der Waals surface area contributed by atoms with E-state index in [2.05, 4.69) is 32.1 Å². The van der Waals surface area contributed by atoms with Crippen LogP contribution in [0.4, 0.5) is 20.3 Å². The summed E-state index contributed by atoms with van der Waals surface area (Å²) in [7, 11) is 1.81. The van der Waals surface area contributed by atoms with Crippen molar-refractivity contribution in [2.45, 2.75) is 32.7 Å². The van der Waals surface area contributed by atoms with Crippen molar-refractivity contribution >= 4 is 11.5 Å². The van der Waals surface area contributed by atoms with Crippen molar-refractivity contribution in [2.75, 3.05) is 30.4 Å². The lowest BCUT2D eigenvalue weighted by atomic mass is 10.0. The minimum absolute atomic E-state index is 0.385. The molecule has 5 nitrogen and oxygen atoms in total. The van der Waals surface area contributed by atoms with Crippen molar-refractivity contribution in [3.05, 3.63) is 85.5 Å². The number of piperidine rings is 1. The molecule has 7 heteroatoms. The molecule has 0 saturated carbocycles. The van der Waals surface area contributed by atoms with Gasteiger partial charge in [0.25, 0.3) is 0 Å². The summed E-state index contributed by atoms with van der Waals surface area (Å²) in [5, 5.41) is 6.24. The summed E-state index contributed by atoms with van der Waals surface area (Å²) in [6.07, 6.45) is 8.83. The van der Waals surface area contributed by atoms with Gasteiger partial charge in [-0.05, 0) is 54.4 Å². The third kappa shape index (κ3) is 8.18. The second-order valence-corrected chi connectivity index (χ2v) is 7.20. The Bertz CT molecular complexity index is 936. The maximum atomic E-state index is 13.4. The molecule has 1 fully saturated rings. The maximum absolute atomic E-state index is 13.4. The molecule has 176 valence electrons. The molecule has 0 atom stereocenters. The number of nitrogens with zero attached hydrogens (tertiary/aromatic N) is 3. The predicted octanol–water partition coefficient (Wildman–Crippen LogP) is 5.88. The molecule has 1 saturated heterocycles. The molecule has 2 N–H and O–H groups in total. The third-order valence-electron chi connectivity index (χ3n) is 5.02. The van der Waals surface area contributed by atoms with Gasteiger partial charge in [-0.3, -0.25) is 4.98 Å². The van der Waals surface area contributed by atoms with E-state index in [0.29, 0.717) is 11.6 Å². The van der Waals surface area contributed by atoms with Crippen LogP contribution < -0.4 is 15.5 Å². The second kappa shape index (κ2) is 13.8. The first-order valence-corrected chi connectivity index (χ1v) is 11.2. The highest BCUT2D eigenvalue weighted by molar-refractivity contribution is 5.66. The van der Waals surface area contributed by atoms with Gasteiger partial charge in [-0.1, -0.05) is 32.6 Å². The van der Waals surface area contributed by atoms with Gasteiger partial charge < -0.3 is 15.5 Å². The fourth-order valence-electron chi connectivity index (χ4n) is 3.42. The van der Waals surface area contributed by atoms with Crippen molar-refractivity contribution < 1.29 is 8.78 Å². The largest absolute Gasteiger partial charge is 0.394 e. The fraction of sp³-hybridized carbons (Fsp3) is 0.308. The number of aromatic nitrogens is 2. The Hall–Kier alpha value is -3.48. The SMILES string of the molecule is C=CNC.CC.Fc1cc(F)cc(-c2ccc(NC3CCN(c4cnccn4)CC3)cc2)c1. The van der Waals surface area contributed by atoms with Gasteiger partial charge in [0.2, 0.25) is 0 Å². The van der Waals surface area contributed by atoms with Crippen LogP contribution in [0.1, 0.15) is 26.7 Å². The van der Waals surface area contributed by atoms with Gasteiger partial charge in [-0.15, -0.1) is 0 Å². The topological polar surface area (TPSA) is 53.1 Å². The van der Waals surface area contributed by atoms with Gasteiger partial charge in [0.05, 0.1) is 6.20 Å². The molecule has 33 heavy (non-hydrogen) atoms. The Labute approximate surface area is 195 Å². The van der Waals surface area contributed by atoms with Gasteiger partial charge in [-0.2, -0.15) is 0 Å². The van der Waals surface area contributed by atoms with Crippen LogP contribution in [-0.4, -0.2) is 36.1 Å². The van der Waals surface area contributed by atoms with Crippen molar-refractivity contribution in [3.63, 3.8) is 0 Å². The van der Waals surface area contributed by atoms with Crippen molar-refractivity contribution in [1.29, 1.82) is 0 Å². The van der Waals surface area contributed by atoms with Crippen LogP contribution in [0.5, 0.6) is 0 Å². The number of benzene rings is 2. The maximum Gasteiger partial charge on any atom is 0.147 e. The lowest BCUT2D eigenvalue weighted by Crippen LogP contribution is -2.39. The normalized spacial score (nSPS) is 13.1. The Morgan fingerprint density at radius 3 is 2.09 bits per heavy atom. The van der Waals surface area contributed by atoms with Gasteiger partial charge >= 0.3 is 0 Å². The predicted molar refractivity (Wildman–Crippen MR) is 133 cm³/mol. The number of rotatable bonds is 5. The molecular weight excluding hydrogens is 420 g/mol. The average molecular weight is 454 g/mol. The summed E-state index contributed by atoms with van der Waals surface area (Å²) in [6, 6.07) is 11.6. The monoisotopic (exact) mass is 453 g/mol. The lowest BCUT2D eigenvalue weighted by Gasteiger charge is -2.33. The van der Waals surface area contributed by atoms with Crippen LogP contribution in [0.15, 0.2) is 73.8 Å². The molecule has 0 radical (unpaired) electrons. The third-order valence-corrected chi connectivity index (χ3v) is 5.02. The lowest BCUT2D eigenvalue weighted by molar-refractivity contribution is 0.523. The Morgan fingerprint density at radius 2 is 1.58 bits per heavy atom. The summed E-state index contributed by atoms with van der Waals surface area (Å²) in [5.41, 5.74) is 2.33. The van der Waals surface area contributed by atoms with E-state index < -0.39 is 11.6 Å². The Balaban J connectivity index is 0.000000582. The zero-order chi connectivity index (χ0) is 24.1. The first-order chi connectivity index (χ1) is 16.1. The zero-order valence-corrected chi connectivity index (χ0v) is 19.6. The number of hydrogen-bond acceptors (Lipinski definition) is 5. The fourth-order valence-corrected chi connectivity index (χ4v) is 3.42. The van der Waals surface area contributed by atoms with E-state index in [0.717, 1.165) is 49.1 Å². The molecule has 2 aromatic carbocycles. The number of hydrogen-bond donors (Lipinski definition) is 2. The first-order valence-electron chi connectivity index (χ1n) is 11.2. The second-order valence-electron chi connectivity index (χ2n) is 7.20. The van der Waals surface area contributed by atoms with Crippen LogP contribution in [0.25, 0.3) is 11.1 Å². The van der Waals surface area contributed by atoms with Gasteiger partial charge in [0.15, 0.2) is 0 Å². The van der Waals surface area contributed by atoms with Crippen LogP contribution >= 0.6 is 0 Å². The smallest absolute Gasteiger partial charge is 0.147 e. The van der Waals surface area contributed by atoms with Crippen molar-refractivity contribution in [3.8, 4) is 11.1 Å². The highest BCUT2D eigenvalue weighted by atomic mass is 19.1. The van der Waals surface area contributed by atoms with Gasteiger partial charge in [-0.25, -0.2) is 13.8 Å². The van der Waals surface area contributed by atoms with Crippen LogP contribution in [-0.2, 0) is 0 Å². The van der Waals surface area contributed by atoms with E-state index in [1.165, 1.54) is 12.1 Å². The molecule has 0 spiro atoms. The van der Waals surface area contributed by atoms with Crippen LogP contribution in [0.2, 0.25) is 0 Å². The number of halogens is 2. The molecular formula is C26H33F2N5. The molecule has 0 amide bonds. The van der Waals surface area contributed by atoms with Crippen LogP contribution in [0, 0.1) is 11.6 Å². The highest BCUT2D eigenvalue weighted by Crippen LogP contribution is 2.25. The van der Waals surface area contributed by atoms with Crippen molar-refractivity contribution in [1.82, 2.24) is 15.3 Å². The van der Waals surface area contributed by atoms with Gasteiger partial charge in [0, 0.05) is 50.3 Å². The van der Waals surface area contributed by atoms with E-state index in [1.807, 2.05) is 45.2 Å². The molecule has 1 aliphatic heterocycles. The minimum Gasteiger partial charge on any atom is -0.394 e. The van der Waals surface area contributed by atoms with Crippen molar-refractivity contribution in [2.24, 2.45) is 0 Å². The van der Waals surface area contributed by atoms with Crippen LogP contribution in [0.3, 0.4) is 0 Å². The molecule has 4 rings (SSSR count). The summed E-state index contributed by atoms with van der Waals surface area (Å²) >= 11 is 0. The van der Waals surface area contributed by atoms with E-state index in [-0.39, 0.29) is 0 Å². The number of nitrogens with one attached hydrogen (secondary N) is 2. The van der Waals surface area contributed by atoms with E-state index in [4.69, 9.17) is 0 Å². The minimum atomic E-state index is -0.568. The van der Waals surface area contributed by atoms with E-state index in [9.17, 15) is 8.78 Å². The highest BCUT2D eigenvalue weighted by Gasteiger charge is 2.20. The number of anilines is 2. The average Bonchev–Trinajstić information content (AvgIpc) is 2.86. The molecule has 1 aromatic heterocycles. The quantitative estimate of drug-likeness (QED) is 0.505. The zero-order valence-electron chi connectivity index (χ0n) is 19.6. The van der Waals surface area contributed by atoms with E-state index in [1.54, 1.807) is 24.8 Å². The Morgan fingerprint density at radius 1 is 0.970 bits per heavy atom. The summed E-state index contributed by atoms with van der Waals surface area (Å²) < 4.78 is 26.8. The molecule has 0 bridgehead atoms. The molecule has 2 heterocycles. The van der Waals surface area contributed by atoms with Gasteiger partial charge in [0.1, 0.15) is 17.5 Å². The molecule has 0 unspecified atom stereocenters. The first kappa shape index (κ1) is 25.8. The standard InChI is InChI=1S/C21H20F2N4.C3H7N.C2H6/c22-17-11-16(12-18(23)13-17)15-1-3-19(4-2-15)26-20-5-9-27(10-6-20)21-14-24-7-8-25-21;1-3-4-2;1-2/h1-4,7-8,11-14,20,26H,5-6,9-10H2;3-4H,1H2,2H3;1-2H3. The summed E-state index contributed by atoms with van der Waals surface area (Å²) in [4.78, 5) is 10.7. The summed E-state index contributed by atoms with van der Waals surface area (Å²) in [6.45, 7) is 9.22. The Kier molecular flexibility index (Phi) is 10.8. The summed E-state index contributed by atoms with van der Waals surface area (Å²) in [5.74, 6) is -0.216. The molecule has 1 aliphatic rings. The molecule has 3 aromatic rings. The molecule has 0 aliphatic carbocycles.